The van der Waals surface area contributed by atoms with Crippen LogP contribution in [0.4, 0.5) is 17.1 Å². The van der Waals surface area contributed by atoms with Gasteiger partial charge in [-0.2, -0.15) is 5.26 Å². The van der Waals surface area contributed by atoms with Crippen LogP contribution in [0.3, 0.4) is 0 Å². The Morgan fingerprint density at radius 3 is 1.38 bits per heavy atom. The van der Waals surface area contributed by atoms with Crippen molar-refractivity contribution in [2.75, 3.05) is 18.1 Å². The van der Waals surface area contributed by atoms with Gasteiger partial charge in [0.25, 0.3) is 0 Å². The highest BCUT2D eigenvalue weighted by atomic mass is 32.1. The molecule has 0 radical (unpaired) electrons. The van der Waals surface area contributed by atoms with Gasteiger partial charge >= 0.3 is 5.97 Å². The Bertz CT molecular complexity index is 3140. The summed E-state index contributed by atoms with van der Waals surface area (Å²) in [6, 6.07) is 61.5. The summed E-state index contributed by atoms with van der Waals surface area (Å²) in [5.41, 5.74) is 10.2. The van der Waals surface area contributed by atoms with Crippen LogP contribution in [0.15, 0.2) is 175 Å². The van der Waals surface area contributed by atoms with Gasteiger partial charge in [0.1, 0.15) is 24.9 Å². The molecule has 0 bridgehead atoms. The molecule has 4 heterocycles. The van der Waals surface area contributed by atoms with Gasteiger partial charge in [-0.1, -0.05) is 84.9 Å². The van der Waals surface area contributed by atoms with Crippen LogP contribution in [0, 0.1) is 11.3 Å². The number of nitrogens with zero attached hydrogens (tertiary/aromatic N) is 4. The van der Waals surface area contributed by atoms with E-state index in [1.165, 1.54) is 39.0 Å². The number of para-hydroxylation sites is 4. The first-order chi connectivity index (χ1) is 30.1. The molecule has 0 unspecified atom stereocenters. The van der Waals surface area contributed by atoms with Crippen LogP contribution < -0.4 is 14.4 Å². The highest BCUT2D eigenvalue weighted by Gasteiger charge is 2.26. The van der Waals surface area contributed by atoms with Crippen molar-refractivity contribution in [1.29, 1.82) is 5.26 Å². The van der Waals surface area contributed by atoms with Gasteiger partial charge in [-0.05, 0) is 96.6 Å². The second-order valence-corrected chi connectivity index (χ2v) is 15.8. The van der Waals surface area contributed by atoms with Crippen LogP contribution in [-0.2, 0) is 4.79 Å². The Hall–Kier alpha value is -8.06. The van der Waals surface area contributed by atoms with E-state index in [0.717, 1.165) is 60.9 Å². The number of anilines is 3. The van der Waals surface area contributed by atoms with E-state index in [0.29, 0.717) is 29.6 Å². The number of rotatable bonds is 8. The number of hydrogen-bond donors (Lipinski definition) is 1. The van der Waals surface area contributed by atoms with Crippen molar-refractivity contribution in [3.05, 3.63) is 180 Å². The number of benzene rings is 7. The second kappa shape index (κ2) is 14.6. The third-order valence-corrected chi connectivity index (χ3v) is 12.5. The maximum atomic E-state index is 11.7. The molecule has 0 fully saturated rings. The molecule has 1 N–H and O–H groups in total. The van der Waals surface area contributed by atoms with Crippen molar-refractivity contribution in [3.8, 4) is 39.4 Å². The fraction of sp³-hybridized carbons (Fsp3) is 0.0385. The molecule has 9 heteroatoms. The van der Waals surface area contributed by atoms with Crippen molar-refractivity contribution in [1.82, 2.24) is 9.13 Å². The van der Waals surface area contributed by atoms with Crippen LogP contribution in [0.2, 0.25) is 0 Å². The van der Waals surface area contributed by atoms with Gasteiger partial charge in [-0.25, -0.2) is 4.79 Å². The number of thiophene rings is 1. The molecule has 0 amide bonds. The van der Waals surface area contributed by atoms with Gasteiger partial charge in [0, 0.05) is 50.0 Å². The molecular weight excluding hydrogens is 777 g/mol. The van der Waals surface area contributed by atoms with Gasteiger partial charge in [-0.15, -0.1) is 11.3 Å². The number of nitriles is 1. The predicted molar refractivity (Wildman–Crippen MR) is 245 cm³/mol. The van der Waals surface area contributed by atoms with Crippen molar-refractivity contribution >= 4 is 84.1 Å². The quantitative estimate of drug-likeness (QED) is 0.121. The zero-order valence-corrected chi connectivity index (χ0v) is 33.3. The molecule has 11 rings (SSSR count). The lowest BCUT2D eigenvalue weighted by atomic mass is 10.1. The standard InChI is InChI=1S/C52H34N4O4S/c53-32-34(52(57)58)31-48-49-50(60-30-29-59-49)51(61-48)33-17-19-35(20-18-33)54(36-21-25-38(26-22-36)55-44-13-5-1-9-40(44)41-10-2-6-14-45(41)55)37-23-27-39(28-24-37)56-46-15-7-3-11-42(46)43-12-4-8-16-47(43)56/h1-28,31H,29-30H2,(H,57,58)/b34-31+. The third kappa shape index (κ3) is 6.00. The SMILES string of the molecule is N#C/C(=C\c1sc(-c2ccc(N(c3ccc(-n4c5ccccc5c5ccccc54)cc3)c3ccc(-n4c5ccccc5c5ccccc54)cc3)cc2)c2c1OCCO2)C(=O)O. The Morgan fingerprint density at radius 2 is 0.967 bits per heavy atom. The monoisotopic (exact) mass is 810 g/mol. The third-order valence-electron chi connectivity index (χ3n) is 11.3. The number of carboxylic acid groups (broad SMARTS) is 1. The lowest BCUT2D eigenvalue weighted by molar-refractivity contribution is -0.132. The van der Waals surface area contributed by atoms with Gasteiger partial charge < -0.3 is 28.6 Å². The first-order valence-electron chi connectivity index (χ1n) is 19.9. The molecule has 10 aromatic rings. The first kappa shape index (κ1) is 36.1. The number of fused-ring (bicyclic) bond motifs is 7. The van der Waals surface area contributed by atoms with Crippen LogP contribution in [-0.4, -0.2) is 33.4 Å². The van der Waals surface area contributed by atoms with Crippen LogP contribution >= 0.6 is 11.3 Å². The highest BCUT2D eigenvalue weighted by Crippen LogP contribution is 2.51. The van der Waals surface area contributed by atoms with Gasteiger partial charge in [0.2, 0.25) is 0 Å². The van der Waals surface area contributed by atoms with E-state index in [1.54, 1.807) is 6.07 Å². The van der Waals surface area contributed by atoms with Crippen LogP contribution in [0.5, 0.6) is 11.5 Å². The maximum Gasteiger partial charge on any atom is 0.346 e. The molecule has 1 aliphatic rings. The molecule has 1 aliphatic heterocycles. The number of carboxylic acids is 1. The molecule has 0 saturated carbocycles. The highest BCUT2D eigenvalue weighted by molar-refractivity contribution is 7.17. The summed E-state index contributed by atoms with van der Waals surface area (Å²) < 4.78 is 16.7. The largest absolute Gasteiger partial charge is 0.485 e. The van der Waals surface area contributed by atoms with Gasteiger partial charge in [-0.3, -0.25) is 0 Å². The number of ether oxygens (including phenoxy) is 2. The molecule has 292 valence electrons. The second-order valence-electron chi connectivity index (χ2n) is 14.8. The summed E-state index contributed by atoms with van der Waals surface area (Å²) in [5.74, 6) is -0.285. The molecule has 0 spiro atoms. The van der Waals surface area contributed by atoms with E-state index in [9.17, 15) is 15.2 Å². The summed E-state index contributed by atoms with van der Waals surface area (Å²) in [5, 5.41) is 23.9. The van der Waals surface area contributed by atoms with Crippen molar-refractivity contribution in [2.45, 2.75) is 0 Å². The minimum absolute atomic E-state index is 0.331. The molecular formula is C52H34N4O4S. The van der Waals surface area contributed by atoms with E-state index >= 15 is 0 Å². The Balaban J connectivity index is 1.02. The van der Waals surface area contributed by atoms with Gasteiger partial charge in [0.15, 0.2) is 11.5 Å². The Morgan fingerprint density at radius 1 is 0.574 bits per heavy atom. The summed E-state index contributed by atoms with van der Waals surface area (Å²) in [4.78, 5) is 15.3. The van der Waals surface area contributed by atoms with E-state index in [1.807, 2.05) is 12.1 Å². The van der Waals surface area contributed by atoms with Crippen molar-refractivity contribution < 1.29 is 19.4 Å². The topological polar surface area (TPSA) is 92.7 Å². The van der Waals surface area contributed by atoms with Crippen molar-refractivity contribution in [2.24, 2.45) is 0 Å². The molecule has 0 aliphatic carbocycles. The minimum atomic E-state index is -1.29. The minimum Gasteiger partial charge on any atom is -0.485 e. The average Bonchev–Trinajstić information content (AvgIpc) is 3.97. The summed E-state index contributed by atoms with van der Waals surface area (Å²) in [6.45, 7) is 0.697. The smallest absolute Gasteiger partial charge is 0.346 e. The number of aromatic nitrogens is 2. The molecule has 61 heavy (non-hydrogen) atoms. The fourth-order valence-corrected chi connectivity index (χ4v) is 9.78. The van der Waals surface area contributed by atoms with Crippen molar-refractivity contribution in [3.63, 3.8) is 0 Å². The summed E-state index contributed by atoms with van der Waals surface area (Å²) in [6.07, 6.45) is 1.35. The normalized spacial score (nSPS) is 12.6. The molecule has 8 nitrogen and oxygen atoms in total. The van der Waals surface area contributed by atoms with E-state index < -0.39 is 5.97 Å². The molecule has 0 atom stereocenters. The number of aliphatic carboxylic acids is 1. The Kier molecular flexibility index (Phi) is 8.65. The number of carbonyl (C=O) groups is 1. The summed E-state index contributed by atoms with van der Waals surface area (Å²) in [7, 11) is 0. The molecule has 7 aromatic carbocycles. The zero-order chi connectivity index (χ0) is 41.0. The lowest BCUT2D eigenvalue weighted by Crippen LogP contribution is -2.15. The summed E-state index contributed by atoms with van der Waals surface area (Å²) >= 11 is 1.34. The molecule has 0 saturated heterocycles. The van der Waals surface area contributed by atoms with Crippen LogP contribution in [0.25, 0.3) is 71.5 Å². The van der Waals surface area contributed by atoms with E-state index in [4.69, 9.17) is 9.47 Å². The van der Waals surface area contributed by atoms with E-state index in [2.05, 4.69) is 172 Å². The van der Waals surface area contributed by atoms with Gasteiger partial charge in [0.05, 0.1) is 31.8 Å². The van der Waals surface area contributed by atoms with Crippen LogP contribution in [0.1, 0.15) is 4.88 Å². The Labute approximate surface area is 354 Å². The average molecular weight is 811 g/mol. The molecule has 3 aromatic heterocycles. The predicted octanol–water partition coefficient (Wildman–Crippen LogP) is 12.8. The lowest BCUT2D eigenvalue weighted by Gasteiger charge is -2.26. The first-order valence-corrected chi connectivity index (χ1v) is 20.7. The fourth-order valence-electron chi connectivity index (χ4n) is 8.64. The van der Waals surface area contributed by atoms with E-state index in [-0.39, 0.29) is 5.57 Å². The maximum absolute atomic E-state index is 11.7. The number of hydrogen-bond acceptors (Lipinski definition) is 6. The zero-order valence-electron chi connectivity index (χ0n) is 32.5.